The minimum absolute atomic E-state index is 0.0681. The standard InChI is InChI=1S/C13H14BrNO4S/c14-7-2-1-3-8(4-7)20-10-6-15-12(13(18)19)9(10)5-11(16)17/h1-4,9-10,12,15H,5-6H2,(H,16,17)(H,18,19)/t9-,10?,12-/m0/s1. The van der Waals surface area contributed by atoms with Gasteiger partial charge in [-0.1, -0.05) is 22.0 Å². The average molecular weight is 360 g/mol. The summed E-state index contributed by atoms with van der Waals surface area (Å²) in [5.41, 5.74) is 0. The second-order valence-corrected chi connectivity index (χ2v) is 6.83. The van der Waals surface area contributed by atoms with E-state index in [1.807, 2.05) is 24.3 Å². The molecular weight excluding hydrogens is 346 g/mol. The van der Waals surface area contributed by atoms with Crippen molar-refractivity contribution in [3.05, 3.63) is 28.7 Å². The summed E-state index contributed by atoms with van der Waals surface area (Å²) in [7, 11) is 0. The van der Waals surface area contributed by atoms with Crippen molar-refractivity contribution in [1.29, 1.82) is 0 Å². The van der Waals surface area contributed by atoms with Crippen molar-refractivity contribution in [1.82, 2.24) is 5.32 Å². The van der Waals surface area contributed by atoms with Crippen molar-refractivity contribution >= 4 is 39.6 Å². The van der Waals surface area contributed by atoms with Crippen LogP contribution < -0.4 is 5.32 Å². The Morgan fingerprint density at radius 2 is 2.15 bits per heavy atom. The third kappa shape index (κ3) is 3.74. The van der Waals surface area contributed by atoms with Gasteiger partial charge in [0.2, 0.25) is 0 Å². The fourth-order valence-corrected chi connectivity index (χ4v) is 4.19. The van der Waals surface area contributed by atoms with Crippen LogP contribution in [0.3, 0.4) is 0 Å². The fourth-order valence-electron chi connectivity index (χ4n) is 2.33. The minimum atomic E-state index is -0.992. The van der Waals surface area contributed by atoms with Crippen LogP contribution in [0.15, 0.2) is 33.6 Å². The molecule has 1 heterocycles. The van der Waals surface area contributed by atoms with Gasteiger partial charge in [-0.25, -0.2) is 0 Å². The molecule has 2 rings (SSSR count). The molecule has 0 radical (unpaired) electrons. The summed E-state index contributed by atoms with van der Waals surface area (Å²) in [6.45, 7) is 0.492. The summed E-state index contributed by atoms with van der Waals surface area (Å²) < 4.78 is 0.943. The molecule has 3 N–H and O–H groups in total. The number of carboxylic acids is 2. The summed E-state index contributed by atoms with van der Waals surface area (Å²) in [4.78, 5) is 23.1. The largest absolute Gasteiger partial charge is 0.481 e. The van der Waals surface area contributed by atoms with Crippen LogP contribution in [0.4, 0.5) is 0 Å². The van der Waals surface area contributed by atoms with E-state index < -0.39 is 23.9 Å². The fraction of sp³-hybridized carbons (Fsp3) is 0.385. The van der Waals surface area contributed by atoms with Crippen LogP contribution in [0.1, 0.15) is 6.42 Å². The molecule has 1 aliphatic heterocycles. The van der Waals surface area contributed by atoms with Gasteiger partial charge in [-0.05, 0) is 18.2 Å². The van der Waals surface area contributed by atoms with Crippen molar-refractivity contribution < 1.29 is 19.8 Å². The third-order valence-electron chi connectivity index (χ3n) is 3.20. The minimum Gasteiger partial charge on any atom is -0.481 e. The molecule has 1 aromatic rings. The maximum Gasteiger partial charge on any atom is 0.321 e. The Balaban J connectivity index is 2.13. The van der Waals surface area contributed by atoms with Crippen molar-refractivity contribution in [2.45, 2.75) is 22.6 Å². The van der Waals surface area contributed by atoms with Gasteiger partial charge in [-0.2, -0.15) is 0 Å². The molecule has 0 aliphatic carbocycles. The summed E-state index contributed by atoms with van der Waals surface area (Å²) in [5.74, 6) is -2.38. The number of halogens is 1. The molecule has 0 bridgehead atoms. The second kappa shape index (κ2) is 6.60. The van der Waals surface area contributed by atoms with Crippen LogP contribution in [0.25, 0.3) is 0 Å². The Labute approximate surface area is 128 Å². The van der Waals surface area contributed by atoms with Crippen molar-refractivity contribution in [3.63, 3.8) is 0 Å². The third-order valence-corrected chi connectivity index (χ3v) is 5.04. The van der Waals surface area contributed by atoms with Gasteiger partial charge in [0, 0.05) is 27.1 Å². The molecule has 0 aromatic heterocycles. The lowest BCUT2D eigenvalue weighted by Gasteiger charge is -2.19. The number of hydrogen-bond acceptors (Lipinski definition) is 4. The summed E-state index contributed by atoms with van der Waals surface area (Å²) in [6.07, 6.45) is -0.143. The van der Waals surface area contributed by atoms with E-state index in [9.17, 15) is 9.59 Å². The van der Waals surface area contributed by atoms with Gasteiger partial charge >= 0.3 is 11.9 Å². The van der Waals surface area contributed by atoms with E-state index in [0.717, 1.165) is 9.37 Å². The Hall–Kier alpha value is -1.05. The van der Waals surface area contributed by atoms with E-state index in [0.29, 0.717) is 6.54 Å². The zero-order valence-corrected chi connectivity index (χ0v) is 12.9. The summed E-state index contributed by atoms with van der Waals surface area (Å²) in [5, 5.41) is 20.9. The highest BCUT2D eigenvalue weighted by molar-refractivity contribution is 9.10. The predicted molar refractivity (Wildman–Crippen MR) is 79.0 cm³/mol. The highest BCUT2D eigenvalue weighted by Gasteiger charge is 2.41. The number of hydrogen-bond donors (Lipinski definition) is 3. The summed E-state index contributed by atoms with van der Waals surface area (Å²) >= 11 is 4.90. The smallest absolute Gasteiger partial charge is 0.321 e. The van der Waals surface area contributed by atoms with Gasteiger partial charge in [0.05, 0.1) is 6.42 Å². The molecule has 1 unspecified atom stereocenters. The number of nitrogens with one attached hydrogen (secondary N) is 1. The van der Waals surface area contributed by atoms with E-state index in [2.05, 4.69) is 21.2 Å². The zero-order chi connectivity index (χ0) is 14.7. The molecule has 7 heteroatoms. The second-order valence-electron chi connectivity index (χ2n) is 4.60. The molecule has 0 saturated carbocycles. The van der Waals surface area contributed by atoms with Gasteiger partial charge in [0.1, 0.15) is 6.04 Å². The van der Waals surface area contributed by atoms with Crippen LogP contribution in [0.2, 0.25) is 0 Å². The highest BCUT2D eigenvalue weighted by Crippen LogP contribution is 2.35. The predicted octanol–water partition coefficient (Wildman–Crippen LogP) is 2.06. The summed E-state index contributed by atoms with van der Waals surface area (Å²) in [6, 6.07) is 6.88. The van der Waals surface area contributed by atoms with Gasteiger partial charge in [-0.3, -0.25) is 9.59 Å². The molecule has 0 amide bonds. The molecule has 5 nitrogen and oxygen atoms in total. The molecule has 1 fully saturated rings. The lowest BCUT2D eigenvalue weighted by atomic mass is 9.96. The van der Waals surface area contributed by atoms with Crippen molar-refractivity contribution in [2.75, 3.05) is 6.54 Å². The van der Waals surface area contributed by atoms with E-state index in [1.54, 1.807) is 0 Å². The van der Waals surface area contributed by atoms with Crippen LogP contribution in [-0.2, 0) is 9.59 Å². The number of thioether (sulfide) groups is 1. The first kappa shape index (κ1) is 15.3. The molecule has 20 heavy (non-hydrogen) atoms. The van der Waals surface area contributed by atoms with E-state index in [1.165, 1.54) is 11.8 Å². The van der Waals surface area contributed by atoms with Crippen molar-refractivity contribution in [2.24, 2.45) is 5.92 Å². The molecule has 108 valence electrons. The molecule has 1 aliphatic rings. The van der Waals surface area contributed by atoms with Crippen LogP contribution in [0.5, 0.6) is 0 Å². The number of benzene rings is 1. The van der Waals surface area contributed by atoms with Gasteiger partial charge in [-0.15, -0.1) is 11.8 Å². The number of carboxylic acid groups (broad SMARTS) is 2. The SMILES string of the molecule is O=C(O)C[C@H]1C(Sc2cccc(Br)c2)CN[C@@H]1C(=O)O. The topological polar surface area (TPSA) is 86.6 Å². The van der Waals surface area contributed by atoms with Gasteiger partial charge < -0.3 is 15.5 Å². The highest BCUT2D eigenvalue weighted by atomic mass is 79.9. The Bertz CT molecular complexity index is 525. The quantitative estimate of drug-likeness (QED) is 0.745. The lowest BCUT2D eigenvalue weighted by Crippen LogP contribution is -2.37. The molecule has 1 saturated heterocycles. The molecule has 0 spiro atoms. The first-order valence-electron chi connectivity index (χ1n) is 6.07. The van der Waals surface area contributed by atoms with Crippen LogP contribution in [0, 0.1) is 5.92 Å². The number of aliphatic carboxylic acids is 2. The lowest BCUT2D eigenvalue weighted by molar-refractivity contribution is -0.141. The van der Waals surface area contributed by atoms with Gasteiger partial charge in [0.15, 0.2) is 0 Å². The Morgan fingerprint density at radius 3 is 2.75 bits per heavy atom. The molecular formula is C13H14BrNO4S. The van der Waals surface area contributed by atoms with E-state index in [4.69, 9.17) is 10.2 Å². The average Bonchev–Trinajstić information content (AvgIpc) is 2.72. The normalized spacial score (nSPS) is 25.6. The number of rotatable bonds is 5. The van der Waals surface area contributed by atoms with E-state index in [-0.39, 0.29) is 11.7 Å². The zero-order valence-electron chi connectivity index (χ0n) is 10.5. The van der Waals surface area contributed by atoms with Crippen molar-refractivity contribution in [3.8, 4) is 0 Å². The maximum absolute atomic E-state index is 11.2. The Kier molecular flexibility index (Phi) is 5.06. The maximum atomic E-state index is 11.2. The first-order valence-corrected chi connectivity index (χ1v) is 7.75. The molecule has 3 atom stereocenters. The Morgan fingerprint density at radius 1 is 1.40 bits per heavy atom. The first-order chi connectivity index (χ1) is 9.47. The van der Waals surface area contributed by atoms with Crippen LogP contribution >= 0.6 is 27.7 Å². The van der Waals surface area contributed by atoms with Gasteiger partial charge in [0.25, 0.3) is 0 Å². The van der Waals surface area contributed by atoms with Crippen LogP contribution in [-0.4, -0.2) is 40.0 Å². The van der Waals surface area contributed by atoms with E-state index >= 15 is 0 Å². The number of carbonyl (C=O) groups is 2. The molecule has 1 aromatic carbocycles. The monoisotopic (exact) mass is 359 g/mol.